The average Bonchev–Trinajstić information content (AvgIpc) is 3.26. The topological polar surface area (TPSA) is 184 Å². The normalized spacial score (nSPS) is 19.8. The van der Waals surface area contributed by atoms with Crippen molar-refractivity contribution in [3.05, 3.63) is 48.7 Å². The van der Waals surface area contributed by atoms with Crippen molar-refractivity contribution < 1.29 is 78.7 Å². The van der Waals surface area contributed by atoms with E-state index in [1.165, 1.54) is 0 Å². The smallest absolute Gasteiger partial charge is 0.475 e. The molecule has 264 valence electrons. The molecule has 2 aliphatic rings. The fraction of sp³-hybridized carbons (Fsp3) is 0.520. The number of aliphatic carboxylic acids is 3. The van der Waals surface area contributed by atoms with Crippen LogP contribution in [0.2, 0.25) is 0 Å². The minimum absolute atomic E-state index is 0.222. The molecule has 22 heteroatoms. The molecule has 2 aromatic rings. The van der Waals surface area contributed by atoms with Crippen molar-refractivity contribution >= 4 is 23.7 Å². The summed E-state index contributed by atoms with van der Waals surface area (Å²) in [5, 5.41) is 24.7. The van der Waals surface area contributed by atoms with Gasteiger partial charge in [-0.25, -0.2) is 19.4 Å². The molecule has 4 heterocycles. The number of pyridine rings is 1. The molecule has 13 nitrogen and oxygen atoms in total. The van der Waals surface area contributed by atoms with Crippen LogP contribution in [0.5, 0.6) is 0 Å². The van der Waals surface area contributed by atoms with Crippen molar-refractivity contribution in [1.82, 2.24) is 19.9 Å². The van der Waals surface area contributed by atoms with Gasteiger partial charge in [-0.2, -0.15) is 39.5 Å². The molecule has 0 saturated carbocycles. The maximum absolute atomic E-state index is 10.6. The fourth-order valence-electron chi connectivity index (χ4n) is 3.76. The van der Waals surface area contributed by atoms with Gasteiger partial charge in [0.25, 0.3) is 0 Å². The number of nitrogens with one attached hydrogen (secondary N) is 1. The first-order valence-electron chi connectivity index (χ1n) is 12.9. The van der Waals surface area contributed by atoms with Gasteiger partial charge in [-0.3, -0.25) is 14.9 Å². The zero-order chi connectivity index (χ0) is 35.9. The van der Waals surface area contributed by atoms with Gasteiger partial charge in [0.1, 0.15) is 11.4 Å². The maximum atomic E-state index is 10.6. The lowest BCUT2D eigenvalue weighted by Crippen LogP contribution is -2.44. The number of nitrogens with zero attached hydrogens (tertiary/aromatic N) is 4. The first kappa shape index (κ1) is 40.7. The number of halogens is 9. The molecule has 0 aromatic carbocycles. The Labute approximate surface area is 259 Å². The summed E-state index contributed by atoms with van der Waals surface area (Å²) in [7, 11) is 0. The van der Waals surface area contributed by atoms with Crippen molar-refractivity contribution in [2.24, 2.45) is 5.92 Å². The molecular weight excluding hydrogens is 669 g/mol. The van der Waals surface area contributed by atoms with Crippen LogP contribution in [0.3, 0.4) is 0 Å². The lowest BCUT2D eigenvalue weighted by molar-refractivity contribution is -0.193. The number of anilines is 1. The van der Waals surface area contributed by atoms with E-state index in [0.717, 1.165) is 57.3 Å². The van der Waals surface area contributed by atoms with E-state index < -0.39 is 36.4 Å². The van der Waals surface area contributed by atoms with Gasteiger partial charge in [-0.15, -0.1) is 0 Å². The molecule has 1 spiro atoms. The minimum atomic E-state index is -5.08. The highest BCUT2D eigenvalue weighted by molar-refractivity contribution is 5.73. The van der Waals surface area contributed by atoms with Gasteiger partial charge >= 0.3 is 36.4 Å². The summed E-state index contributed by atoms with van der Waals surface area (Å²) < 4.78 is 107. The van der Waals surface area contributed by atoms with Gasteiger partial charge in [0.2, 0.25) is 0 Å². The molecule has 2 atom stereocenters. The van der Waals surface area contributed by atoms with E-state index in [2.05, 4.69) is 31.2 Å². The van der Waals surface area contributed by atoms with E-state index in [4.69, 9.17) is 39.2 Å². The Morgan fingerprint density at radius 1 is 0.894 bits per heavy atom. The third-order valence-electron chi connectivity index (χ3n) is 5.69. The van der Waals surface area contributed by atoms with Gasteiger partial charge < -0.3 is 30.1 Å². The van der Waals surface area contributed by atoms with E-state index in [0.29, 0.717) is 12.5 Å². The van der Waals surface area contributed by atoms with Gasteiger partial charge in [-0.1, -0.05) is 6.07 Å². The Balaban J connectivity index is 0.000000430. The van der Waals surface area contributed by atoms with Crippen LogP contribution in [-0.2, 0) is 30.4 Å². The molecule has 2 aromatic heterocycles. The third-order valence-corrected chi connectivity index (χ3v) is 5.69. The van der Waals surface area contributed by atoms with Crippen LogP contribution in [0.25, 0.3) is 0 Å². The van der Waals surface area contributed by atoms with Crippen LogP contribution < -0.4 is 5.32 Å². The van der Waals surface area contributed by atoms with Crippen molar-refractivity contribution in [3.63, 3.8) is 0 Å². The Morgan fingerprint density at radius 2 is 1.47 bits per heavy atom. The van der Waals surface area contributed by atoms with Gasteiger partial charge in [0.15, 0.2) is 0 Å². The van der Waals surface area contributed by atoms with Crippen LogP contribution in [0, 0.1) is 5.92 Å². The average molecular weight is 698 g/mol. The number of carboxylic acid groups (broad SMARTS) is 3. The summed E-state index contributed by atoms with van der Waals surface area (Å²) in [5.74, 6) is -7.02. The molecule has 2 unspecified atom stereocenters. The summed E-state index contributed by atoms with van der Waals surface area (Å²) in [4.78, 5) is 41.9. The minimum Gasteiger partial charge on any atom is -0.475 e. The Kier molecular flexibility index (Phi) is 15.7. The van der Waals surface area contributed by atoms with Crippen LogP contribution in [0.1, 0.15) is 12.1 Å². The van der Waals surface area contributed by atoms with Crippen molar-refractivity contribution in [1.29, 1.82) is 0 Å². The van der Waals surface area contributed by atoms with E-state index >= 15 is 0 Å². The zero-order valence-corrected chi connectivity index (χ0v) is 23.8. The highest BCUT2D eigenvalue weighted by Gasteiger charge is 2.43. The largest absolute Gasteiger partial charge is 0.490 e. The number of alkyl halides is 9. The lowest BCUT2D eigenvalue weighted by Gasteiger charge is -2.31. The lowest BCUT2D eigenvalue weighted by atomic mass is 9.94. The monoisotopic (exact) mass is 697 g/mol. The summed E-state index contributed by atoms with van der Waals surface area (Å²) >= 11 is 0. The molecule has 47 heavy (non-hydrogen) atoms. The summed E-state index contributed by atoms with van der Waals surface area (Å²) in [6.45, 7) is 5.59. The molecule has 2 aliphatic heterocycles. The Morgan fingerprint density at radius 3 is 1.94 bits per heavy atom. The van der Waals surface area contributed by atoms with E-state index in [9.17, 15) is 39.5 Å². The summed E-state index contributed by atoms with van der Waals surface area (Å²) in [5.41, 5.74) is 0.864. The highest BCUT2D eigenvalue weighted by atomic mass is 19.4. The van der Waals surface area contributed by atoms with Crippen LogP contribution >= 0.6 is 0 Å². The van der Waals surface area contributed by atoms with Crippen LogP contribution in [0.15, 0.2) is 43.0 Å². The Hall–Kier alpha value is -4.31. The SMILES string of the molecule is O=C(O)C(F)(F)F.O=C(O)C(F)(F)F.O=C(O)C(F)(F)F.c1ccc(CN2CCOCC3(CC(CNc4cnccn4)CO3)C2)nc1. The third kappa shape index (κ3) is 16.7. The molecule has 4 N–H and O–H groups in total. The quantitative estimate of drug-likeness (QED) is 0.334. The number of carboxylic acids is 3. The molecule has 2 saturated heterocycles. The molecule has 2 fully saturated rings. The second kappa shape index (κ2) is 18.1. The molecule has 0 bridgehead atoms. The number of aromatic nitrogens is 3. The van der Waals surface area contributed by atoms with Crippen molar-refractivity contribution in [3.8, 4) is 0 Å². The molecule has 0 radical (unpaired) electrons. The van der Waals surface area contributed by atoms with Gasteiger partial charge in [-0.05, 0) is 18.6 Å². The standard InChI is InChI=1S/C19H25N5O2.3C2HF3O2/c1-2-4-21-17(3-1)12-24-7-8-25-15-19(14-24)9-16(13-26-19)10-23-18-11-20-5-6-22-18;3*3-2(4,5)1(6)7/h1-6,11,16H,7-10,12-15H2,(H,22,23);3*(H,6,7). The predicted octanol–water partition coefficient (Wildman–Crippen LogP) is 3.49. The second-order valence-corrected chi connectivity index (χ2v) is 9.53. The molecule has 0 amide bonds. The van der Waals surface area contributed by atoms with Crippen molar-refractivity contribution in [2.45, 2.75) is 37.1 Å². The fourth-order valence-corrected chi connectivity index (χ4v) is 3.76. The first-order chi connectivity index (χ1) is 21.6. The Bertz CT molecular complexity index is 1200. The van der Waals surface area contributed by atoms with Crippen LogP contribution in [-0.4, -0.2) is 117 Å². The number of hydrogen-bond donors (Lipinski definition) is 4. The van der Waals surface area contributed by atoms with Gasteiger partial charge in [0.05, 0.1) is 31.7 Å². The summed E-state index contributed by atoms with van der Waals surface area (Å²) in [6, 6.07) is 6.06. The zero-order valence-electron chi connectivity index (χ0n) is 23.8. The van der Waals surface area contributed by atoms with Gasteiger partial charge in [0, 0.05) is 50.7 Å². The molecular formula is C25H28F9N5O8. The first-order valence-corrected chi connectivity index (χ1v) is 12.9. The maximum Gasteiger partial charge on any atom is 0.490 e. The number of rotatable bonds is 5. The highest BCUT2D eigenvalue weighted by Crippen LogP contribution is 2.33. The number of carbonyl (C=O) groups is 3. The van der Waals surface area contributed by atoms with E-state index in [-0.39, 0.29) is 5.60 Å². The van der Waals surface area contributed by atoms with Crippen molar-refractivity contribution in [2.75, 3.05) is 44.8 Å². The number of ether oxygens (including phenoxy) is 2. The van der Waals surface area contributed by atoms with Crippen LogP contribution in [0.4, 0.5) is 45.3 Å². The predicted molar refractivity (Wildman–Crippen MR) is 139 cm³/mol. The number of hydrogen-bond acceptors (Lipinski definition) is 10. The molecule has 0 aliphatic carbocycles. The molecule has 4 rings (SSSR count). The second-order valence-electron chi connectivity index (χ2n) is 9.53. The van der Waals surface area contributed by atoms with E-state index in [1.807, 2.05) is 18.3 Å². The van der Waals surface area contributed by atoms with E-state index in [1.54, 1.807) is 18.6 Å². The summed E-state index contributed by atoms with van der Waals surface area (Å²) in [6.07, 6.45) is -7.30.